The molecule has 0 fully saturated rings. The lowest BCUT2D eigenvalue weighted by Crippen LogP contribution is -1.89. The van der Waals surface area contributed by atoms with E-state index in [4.69, 9.17) is 0 Å². The van der Waals surface area contributed by atoms with Crippen LogP contribution >= 0.6 is 0 Å². The molecule has 0 spiro atoms. The Morgan fingerprint density at radius 1 is 1.50 bits per heavy atom. The van der Waals surface area contributed by atoms with Crippen LogP contribution in [-0.4, -0.2) is 4.98 Å². The van der Waals surface area contributed by atoms with Crippen molar-refractivity contribution in [3.05, 3.63) is 29.6 Å². The number of aromatic nitrogens is 1. The second-order valence-electron chi connectivity index (χ2n) is 2.03. The fourth-order valence-electron chi connectivity index (χ4n) is 0.705. The van der Waals surface area contributed by atoms with E-state index in [9.17, 15) is 8.78 Å². The van der Waals surface area contributed by atoms with Gasteiger partial charge in [-0.1, -0.05) is 0 Å². The Balaban J connectivity index is 3.03. The van der Waals surface area contributed by atoms with Gasteiger partial charge in [0.25, 0.3) is 6.43 Å². The van der Waals surface area contributed by atoms with Crippen LogP contribution in [0.5, 0.6) is 0 Å². The molecule has 0 aliphatic rings. The predicted molar refractivity (Wildman–Crippen MR) is 33.9 cm³/mol. The molecule has 0 unspecified atom stereocenters. The predicted octanol–water partition coefficient (Wildman–Crippen LogP) is 2.33. The van der Waals surface area contributed by atoms with E-state index in [2.05, 4.69) is 4.98 Å². The van der Waals surface area contributed by atoms with Crippen molar-refractivity contribution >= 4 is 0 Å². The second kappa shape index (κ2) is 2.73. The van der Waals surface area contributed by atoms with Crippen LogP contribution in [0.1, 0.15) is 17.6 Å². The molecule has 0 atom stereocenters. The van der Waals surface area contributed by atoms with Gasteiger partial charge in [0, 0.05) is 18.0 Å². The number of nitrogens with zero attached hydrogens (tertiary/aromatic N) is 1. The highest BCUT2D eigenvalue weighted by Gasteiger charge is 2.08. The van der Waals surface area contributed by atoms with Gasteiger partial charge in [0.2, 0.25) is 0 Å². The Kier molecular flexibility index (Phi) is 1.94. The Morgan fingerprint density at radius 2 is 2.20 bits per heavy atom. The van der Waals surface area contributed by atoms with Crippen LogP contribution in [0.25, 0.3) is 0 Å². The van der Waals surface area contributed by atoms with Gasteiger partial charge in [-0.25, -0.2) is 8.78 Å². The number of hydrogen-bond acceptors (Lipinski definition) is 1. The van der Waals surface area contributed by atoms with E-state index in [1.54, 1.807) is 13.0 Å². The van der Waals surface area contributed by atoms with E-state index in [0.717, 1.165) is 0 Å². The van der Waals surface area contributed by atoms with Crippen LogP contribution in [0, 0.1) is 6.92 Å². The van der Waals surface area contributed by atoms with Crippen molar-refractivity contribution in [3.63, 3.8) is 0 Å². The van der Waals surface area contributed by atoms with Gasteiger partial charge >= 0.3 is 0 Å². The summed E-state index contributed by atoms with van der Waals surface area (Å²) in [5, 5.41) is 0. The molecule has 1 nitrogen and oxygen atoms in total. The molecule has 0 saturated heterocycles. The molecule has 0 amide bonds. The van der Waals surface area contributed by atoms with Gasteiger partial charge in [-0.05, 0) is 18.6 Å². The first-order valence-corrected chi connectivity index (χ1v) is 2.90. The third kappa shape index (κ3) is 1.29. The molecule has 0 N–H and O–H groups in total. The van der Waals surface area contributed by atoms with Crippen LogP contribution in [-0.2, 0) is 0 Å². The normalized spacial score (nSPS) is 10.4. The zero-order chi connectivity index (χ0) is 7.56. The SMILES string of the molecule is Cc1ccncc1C(F)F. The smallest absolute Gasteiger partial charge is 0.264 e. The highest BCUT2D eigenvalue weighted by Crippen LogP contribution is 2.20. The third-order valence-corrected chi connectivity index (χ3v) is 1.31. The van der Waals surface area contributed by atoms with Crippen molar-refractivity contribution < 1.29 is 8.78 Å². The average Bonchev–Trinajstić information content (AvgIpc) is 1.88. The lowest BCUT2D eigenvalue weighted by molar-refractivity contribution is 0.150. The third-order valence-electron chi connectivity index (χ3n) is 1.31. The summed E-state index contributed by atoms with van der Waals surface area (Å²) < 4.78 is 24.0. The van der Waals surface area contributed by atoms with Crippen molar-refractivity contribution in [1.29, 1.82) is 0 Å². The van der Waals surface area contributed by atoms with E-state index >= 15 is 0 Å². The number of pyridine rings is 1. The Bertz CT molecular complexity index is 223. The molecular formula is C7H7F2N. The standard InChI is InChI=1S/C7H7F2N/c1-5-2-3-10-4-6(5)7(8)9/h2-4,7H,1H3. The maximum atomic E-state index is 12.0. The van der Waals surface area contributed by atoms with Gasteiger partial charge in [0.05, 0.1) is 0 Å². The van der Waals surface area contributed by atoms with Crippen molar-refractivity contribution in [1.82, 2.24) is 4.98 Å². The van der Waals surface area contributed by atoms with Crippen LogP contribution in [0.4, 0.5) is 8.78 Å². The molecule has 1 heterocycles. The monoisotopic (exact) mass is 143 g/mol. The first-order valence-electron chi connectivity index (χ1n) is 2.90. The number of alkyl halides is 2. The molecule has 0 aliphatic carbocycles. The number of aryl methyl sites for hydroxylation is 1. The molecule has 3 heteroatoms. The van der Waals surface area contributed by atoms with E-state index in [1.165, 1.54) is 12.4 Å². The van der Waals surface area contributed by atoms with Crippen molar-refractivity contribution in [2.75, 3.05) is 0 Å². The lowest BCUT2D eigenvalue weighted by Gasteiger charge is -2.00. The zero-order valence-corrected chi connectivity index (χ0v) is 5.51. The van der Waals surface area contributed by atoms with Crippen molar-refractivity contribution in [3.8, 4) is 0 Å². The topological polar surface area (TPSA) is 12.9 Å². The number of rotatable bonds is 1. The highest BCUT2D eigenvalue weighted by molar-refractivity contribution is 5.22. The molecule has 1 aromatic rings. The molecule has 0 saturated carbocycles. The fraction of sp³-hybridized carbons (Fsp3) is 0.286. The first-order chi connectivity index (χ1) is 4.72. The zero-order valence-electron chi connectivity index (χ0n) is 5.51. The molecular weight excluding hydrogens is 136 g/mol. The van der Waals surface area contributed by atoms with Gasteiger partial charge < -0.3 is 0 Å². The first kappa shape index (κ1) is 7.12. The molecule has 0 aliphatic heterocycles. The van der Waals surface area contributed by atoms with Crippen LogP contribution in [0.2, 0.25) is 0 Å². The minimum absolute atomic E-state index is 0.0162. The van der Waals surface area contributed by atoms with Crippen molar-refractivity contribution in [2.45, 2.75) is 13.3 Å². The van der Waals surface area contributed by atoms with E-state index in [1.807, 2.05) is 0 Å². The maximum absolute atomic E-state index is 12.0. The summed E-state index contributed by atoms with van der Waals surface area (Å²) >= 11 is 0. The van der Waals surface area contributed by atoms with E-state index in [-0.39, 0.29) is 5.56 Å². The Morgan fingerprint density at radius 3 is 2.60 bits per heavy atom. The summed E-state index contributed by atoms with van der Waals surface area (Å²) in [6.07, 6.45) is 0.287. The summed E-state index contributed by atoms with van der Waals surface area (Å²) in [6.45, 7) is 1.64. The summed E-state index contributed by atoms with van der Waals surface area (Å²) in [5.74, 6) is 0. The van der Waals surface area contributed by atoms with E-state index < -0.39 is 6.43 Å². The van der Waals surface area contributed by atoms with Gasteiger partial charge in [-0.2, -0.15) is 0 Å². The summed E-state index contributed by atoms with van der Waals surface area (Å²) in [5.41, 5.74) is 0.604. The average molecular weight is 143 g/mol. The summed E-state index contributed by atoms with van der Waals surface area (Å²) in [4.78, 5) is 3.59. The minimum atomic E-state index is -2.41. The fourth-order valence-corrected chi connectivity index (χ4v) is 0.705. The number of hydrogen-bond donors (Lipinski definition) is 0. The van der Waals surface area contributed by atoms with E-state index in [0.29, 0.717) is 5.56 Å². The Hall–Kier alpha value is -0.990. The van der Waals surface area contributed by atoms with Gasteiger partial charge in [-0.3, -0.25) is 4.98 Å². The maximum Gasteiger partial charge on any atom is 0.265 e. The van der Waals surface area contributed by atoms with Crippen LogP contribution in [0.3, 0.4) is 0 Å². The van der Waals surface area contributed by atoms with Crippen LogP contribution in [0.15, 0.2) is 18.5 Å². The highest BCUT2D eigenvalue weighted by atomic mass is 19.3. The summed E-state index contributed by atoms with van der Waals surface area (Å²) in [6, 6.07) is 1.57. The Labute approximate surface area is 57.7 Å². The molecule has 54 valence electrons. The minimum Gasteiger partial charge on any atom is -0.264 e. The van der Waals surface area contributed by atoms with Crippen LogP contribution < -0.4 is 0 Å². The summed E-state index contributed by atoms with van der Waals surface area (Å²) in [7, 11) is 0. The molecule has 0 radical (unpaired) electrons. The molecule has 0 aromatic carbocycles. The number of halogens is 2. The largest absolute Gasteiger partial charge is 0.265 e. The molecule has 1 aromatic heterocycles. The molecule has 1 rings (SSSR count). The van der Waals surface area contributed by atoms with Gasteiger partial charge in [0.15, 0.2) is 0 Å². The molecule has 0 bridgehead atoms. The van der Waals surface area contributed by atoms with Gasteiger partial charge in [0.1, 0.15) is 0 Å². The van der Waals surface area contributed by atoms with Crippen molar-refractivity contribution in [2.24, 2.45) is 0 Å². The van der Waals surface area contributed by atoms with Gasteiger partial charge in [-0.15, -0.1) is 0 Å². The molecule has 10 heavy (non-hydrogen) atoms. The lowest BCUT2D eigenvalue weighted by atomic mass is 10.2. The second-order valence-corrected chi connectivity index (χ2v) is 2.03. The quantitative estimate of drug-likeness (QED) is 0.587.